The lowest BCUT2D eigenvalue weighted by atomic mass is 10.0. The number of nitrogens with one attached hydrogen (secondary N) is 2. The molecule has 1 aromatic carbocycles. The van der Waals surface area contributed by atoms with E-state index in [9.17, 15) is 4.79 Å². The molecule has 8 heteroatoms. The molecule has 1 aliphatic rings. The number of nitrogens with zero attached hydrogens (tertiary/aromatic N) is 2. The highest BCUT2D eigenvalue weighted by Gasteiger charge is 2.24. The number of ether oxygens (including phenoxy) is 1. The van der Waals surface area contributed by atoms with Crippen molar-refractivity contribution >= 4 is 47.4 Å². The summed E-state index contributed by atoms with van der Waals surface area (Å²) in [4.78, 5) is 18.3. The number of guanidine groups is 1. The zero-order valence-corrected chi connectivity index (χ0v) is 20.2. The molecule has 28 heavy (non-hydrogen) atoms. The molecule has 1 heterocycles. The highest BCUT2D eigenvalue weighted by atomic mass is 127. The number of piperidine rings is 1. The third-order valence-electron chi connectivity index (χ3n) is 4.56. The number of carbonyl (C=O) groups excluding carboxylic acids is 1. The Morgan fingerprint density at radius 1 is 1.32 bits per heavy atom. The molecule has 2 rings (SSSR count). The van der Waals surface area contributed by atoms with Crippen molar-refractivity contribution < 1.29 is 9.53 Å². The molecule has 1 aliphatic heterocycles. The lowest BCUT2D eigenvalue weighted by Gasteiger charge is -2.34. The number of rotatable bonds is 6. The first-order valence-corrected chi connectivity index (χ1v) is 9.95. The fourth-order valence-corrected chi connectivity index (χ4v) is 3.23. The number of hydrogen-bond acceptors (Lipinski definition) is 3. The number of aliphatic imine (C=N–C) groups is 1. The van der Waals surface area contributed by atoms with Crippen LogP contribution in [-0.4, -0.2) is 55.6 Å². The number of halogens is 2. The highest BCUT2D eigenvalue weighted by Crippen LogP contribution is 2.18. The van der Waals surface area contributed by atoms with Crippen molar-refractivity contribution in [1.29, 1.82) is 0 Å². The van der Waals surface area contributed by atoms with Crippen molar-refractivity contribution in [2.75, 3.05) is 26.7 Å². The van der Waals surface area contributed by atoms with Crippen LogP contribution in [0.3, 0.4) is 0 Å². The number of amides is 1. The van der Waals surface area contributed by atoms with Crippen molar-refractivity contribution in [1.82, 2.24) is 15.5 Å². The van der Waals surface area contributed by atoms with E-state index in [0.29, 0.717) is 17.6 Å². The van der Waals surface area contributed by atoms with Crippen molar-refractivity contribution in [3.63, 3.8) is 0 Å². The van der Waals surface area contributed by atoms with Gasteiger partial charge in [-0.1, -0.05) is 31.5 Å². The van der Waals surface area contributed by atoms with Crippen molar-refractivity contribution in [3.8, 4) is 5.75 Å². The van der Waals surface area contributed by atoms with E-state index in [4.69, 9.17) is 16.3 Å². The predicted molar refractivity (Wildman–Crippen MR) is 126 cm³/mol. The molecule has 0 bridgehead atoms. The van der Waals surface area contributed by atoms with Crippen LogP contribution in [0.15, 0.2) is 29.3 Å². The Morgan fingerprint density at radius 2 is 2.00 bits per heavy atom. The summed E-state index contributed by atoms with van der Waals surface area (Å²) in [6, 6.07) is 7.70. The van der Waals surface area contributed by atoms with Gasteiger partial charge in [-0.15, -0.1) is 24.0 Å². The summed E-state index contributed by atoms with van der Waals surface area (Å²) in [5.41, 5.74) is 0. The molecule has 1 aromatic rings. The second-order valence-corrected chi connectivity index (χ2v) is 7.67. The van der Waals surface area contributed by atoms with E-state index in [0.717, 1.165) is 37.6 Å². The number of likely N-dealkylation sites (tertiary alicyclic amines) is 1. The van der Waals surface area contributed by atoms with Gasteiger partial charge in [0.05, 0.1) is 6.54 Å². The average molecular weight is 523 g/mol. The van der Waals surface area contributed by atoms with Gasteiger partial charge in [-0.05, 0) is 38.0 Å². The van der Waals surface area contributed by atoms with Gasteiger partial charge in [0.25, 0.3) is 0 Å². The minimum Gasteiger partial charge on any atom is -0.489 e. The summed E-state index contributed by atoms with van der Waals surface area (Å²) in [6.45, 7) is 8.10. The third-order valence-corrected chi connectivity index (χ3v) is 4.79. The Labute approximate surface area is 190 Å². The van der Waals surface area contributed by atoms with Crippen LogP contribution in [0.2, 0.25) is 5.02 Å². The lowest BCUT2D eigenvalue weighted by molar-refractivity contribution is -0.135. The molecule has 1 unspecified atom stereocenters. The van der Waals surface area contributed by atoms with Crippen LogP contribution < -0.4 is 15.4 Å². The van der Waals surface area contributed by atoms with Gasteiger partial charge in [0.1, 0.15) is 11.9 Å². The third kappa shape index (κ3) is 8.03. The Kier molecular flexibility index (Phi) is 11.0. The molecule has 0 spiro atoms. The fourth-order valence-electron chi connectivity index (χ4n) is 3.05. The van der Waals surface area contributed by atoms with Gasteiger partial charge in [0.2, 0.25) is 5.91 Å². The molecule has 158 valence electrons. The van der Waals surface area contributed by atoms with Gasteiger partial charge < -0.3 is 20.3 Å². The van der Waals surface area contributed by atoms with Crippen LogP contribution in [0.1, 0.15) is 33.6 Å². The molecule has 1 saturated heterocycles. The summed E-state index contributed by atoms with van der Waals surface area (Å²) >= 11 is 5.98. The lowest BCUT2D eigenvalue weighted by Crippen LogP contribution is -2.51. The van der Waals surface area contributed by atoms with Crippen LogP contribution >= 0.6 is 35.6 Å². The molecule has 0 saturated carbocycles. The number of hydrogen-bond donors (Lipinski definition) is 2. The van der Waals surface area contributed by atoms with E-state index < -0.39 is 0 Å². The second kappa shape index (κ2) is 12.4. The van der Waals surface area contributed by atoms with Crippen molar-refractivity contribution in [2.24, 2.45) is 10.9 Å². The highest BCUT2D eigenvalue weighted by molar-refractivity contribution is 14.0. The van der Waals surface area contributed by atoms with Crippen LogP contribution in [0.5, 0.6) is 5.75 Å². The summed E-state index contributed by atoms with van der Waals surface area (Å²) in [5.74, 6) is 1.81. The first-order valence-electron chi connectivity index (χ1n) is 9.57. The SMILES string of the molecule is CN=C(NCC(C)Oc1cccc(Cl)c1)NC1CCN(C(=O)C(C)C)CC1.I. The Bertz CT molecular complexity index is 649. The topological polar surface area (TPSA) is 66.0 Å². The van der Waals surface area contributed by atoms with Crippen LogP contribution in [0.25, 0.3) is 0 Å². The monoisotopic (exact) mass is 522 g/mol. The molecular formula is C20H32ClIN4O2. The standard InChI is InChI=1S/C20H31ClN4O2.HI/c1-14(2)19(26)25-10-8-17(9-11-25)24-20(22-4)23-13-15(3)27-18-7-5-6-16(21)12-18;/h5-7,12,14-15,17H,8-11,13H2,1-4H3,(H2,22,23,24);1H. The molecule has 1 amide bonds. The minimum absolute atomic E-state index is 0. The smallest absolute Gasteiger partial charge is 0.225 e. The number of carbonyl (C=O) groups is 1. The van der Waals surface area contributed by atoms with Gasteiger partial charge in [-0.2, -0.15) is 0 Å². The van der Waals surface area contributed by atoms with E-state index in [1.807, 2.05) is 43.9 Å². The first kappa shape index (κ1) is 24.8. The summed E-state index contributed by atoms with van der Waals surface area (Å²) in [6.07, 6.45) is 1.81. The van der Waals surface area contributed by atoms with E-state index in [1.165, 1.54) is 0 Å². The average Bonchev–Trinajstić information content (AvgIpc) is 2.65. The molecule has 2 N–H and O–H groups in total. The van der Waals surface area contributed by atoms with Crippen molar-refractivity contribution in [2.45, 2.75) is 45.8 Å². The van der Waals surface area contributed by atoms with E-state index in [-0.39, 0.29) is 41.9 Å². The summed E-state index contributed by atoms with van der Waals surface area (Å²) in [5, 5.41) is 7.41. The largest absolute Gasteiger partial charge is 0.489 e. The zero-order valence-electron chi connectivity index (χ0n) is 17.1. The molecule has 1 fully saturated rings. The molecule has 1 atom stereocenters. The first-order chi connectivity index (χ1) is 12.9. The van der Waals surface area contributed by atoms with Gasteiger partial charge in [-0.25, -0.2) is 0 Å². The predicted octanol–water partition coefficient (Wildman–Crippen LogP) is 3.54. The molecule has 0 aliphatic carbocycles. The Balaban J connectivity index is 0.00000392. The van der Waals surface area contributed by atoms with Gasteiger partial charge in [0, 0.05) is 37.1 Å². The molecular weight excluding hydrogens is 491 g/mol. The number of benzene rings is 1. The van der Waals surface area contributed by atoms with Gasteiger partial charge in [-0.3, -0.25) is 9.79 Å². The Hall–Kier alpha value is -1.22. The summed E-state index contributed by atoms with van der Waals surface area (Å²) in [7, 11) is 1.76. The van der Waals surface area contributed by atoms with Crippen LogP contribution in [0, 0.1) is 5.92 Å². The molecule has 0 aromatic heterocycles. The molecule has 6 nitrogen and oxygen atoms in total. The van der Waals surface area contributed by atoms with E-state index in [1.54, 1.807) is 13.1 Å². The van der Waals surface area contributed by atoms with Crippen LogP contribution in [0.4, 0.5) is 0 Å². The second-order valence-electron chi connectivity index (χ2n) is 7.24. The van der Waals surface area contributed by atoms with E-state index in [2.05, 4.69) is 15.6 Å². The maximum atomic E-state index is 12.1. The fraction of sp³-hybridized carbons (Fsp3) is 0.600. The quantitative estimate of drug-likeness (QED) is 0.341. The molecule has 0 radical (unpaired) electrons. The van der Waals surface area contributed by atoms with E-state index >= 15 is 0 Å². The maximum absolute atomic E-state index is 12.1. The van der Waals surface area contributed by atoms with Crippen LogP contribution in [-0.2, 0) is 4.79 Å². The maximum Gasteiger partial charge on any atom is 0.225 e. The zero-order chi connectivity index (χ0) is 19.8. The van der Waals surface area contributed by atoms with Crippen molar-refractivity contribution in [3.05, 3.63) is 29.3 Å². The minimum atomic E-state index is -0.0347. The summed E-state index contributed by atoms with van der Waals surface area (Å²) < 4.78 is 5.87. The van der Waals surface area contributed by atoms with Gasteiger partial charge in [0.15, 0.2) is 5.96 Å². The Morgan fingerprint density at radius 3 is 2.57 bits per heavy atom. The normalized spacial score (nSPS) is 16.4. The van der Waals surface area contributed by atoms with Gasteiger partial charge >= 0.3 is 0 Å².